The molecule has 1 aromatic carbocycles. The molecule has 1 aliphatic rings. The maximum absolute atomic E-state index is 11.8. The second-order valence-electron chi connectivity index (χ2n) is 4.98. The summed E-state index contributed by atoms with van der Waals surface area (Å²) in [7, 11) is 0. The zero-order valence-electron chi connectivity index (χ0n) is 12.0. The molecule has 2 rings (SSSR count). The molecule has 0 spiro atoms. The minimum Gasteiger partial charge on any atom is -0.478 e. The van der Waals surface area contributed by atoms with Crippen molar-refractivity contribution in [2.45, 2.75) is 19.3 Å². The van der Waals surface area contributed by atoms with Crippen molar-refractivity contribution >= 4 is 24.0 Å². The molecule has 1 saturated heterocycles. The van der Waals surface area contributed by atoms with Crippen LogP contribution < -0.4 is 5.43 Å². The number of rotatable bonds is 3. The van der Waals surface area contributed by atoms with Crippen LogP contribution in [-0.4, -0.2) is 47.1 Å². The zero-order chi connectivity index (χ0) is 15.9. The molecule has 0 saturated carbocycles. The summed E-state index contributed by atoms with van der Waals surface area (Å²) in [5, 5.41) is 12.5. The average Bonchev–Trinajstić information content (AvgIpc) is 2.55. The van der Waals surface area contributed by atoms with Crippen LogP contribution in [0.4, 0.5) is 0 Å². The van der Waals surface area contributed by atoms with Gasteiger partial charge >= 0.3 is 17.8 Å². The van der Waals surface area contributed by atoms with Crippen LogP contribution in [0, 0.1) is 0 Å². The van der Waals surface area contributed by atoms with Crippen LogP contribution in [-0.2, 0) is 9.59 Å². The van der Waals surface area contributed by atoms with Gasteiger partial charge in [0.1, 0.15) is 0 Å². The van der Waals surface area contributed by atoms with Gasteiger partial charge in [-0.15, -0.1) is 0 Å². The molecule has 22 heavy (non-hydrogen) atoms. The number of amides is 2. The van der Waals surface area contributed by atoms with E-state index in [2.05, 4.69) is 10.5 Å². The van der Waals surface area contributed by atoms with E-state index in [1.54, 1.807) is 12.1 Å². The predicted octanol–water partition coefficient (Wildman–Crippen LogP) is 0.847. The normalized spacial score (nSPS) is 14.8. The molecular formula is C15H17N3O4. The number of likely N-dealkylation sites (tertiary alicyclic amines) is 1. The first-order valence-electron chi connectivity index (χ1n) is 7.03. The first-order chi connectivity index (χ1) is 10.6. The molecule has 0 radical (unpaired) electrons. The van der Waals surface area contributed by atoms with Gasteiger partial charge < -0.3 is 10.0 Å². The highest BCUT2D eigenvalue weighted by molar-refractivity contribution is 6.35. The van der Waals surface area contributed by atoms with E-state index in [-0.39, 0.29) is 5.56 Å². The van der Waals surface area contributed by atoms with E-state index < -0.39 is 17.8 Å². The number of aromatic carboxylic acids is 1. The molecule has 1 fully saturated rings. The summed E-state index contributed by atoms with van der Waals surface area (Å²) in [5.74, 6) is -2.35. The standard InChI is InChI=1S/C15H17N3O4/c19-13(14(20)18-8-2-1-3-9-18)17-16-10-11-4-6-12(7-5-11)15(21)22/h4-7,10H,1-3,8-9H2,(H,17,19)(H,21,22)/b16-10+. The number of carboxylic acids is 1. The number of nitrogens with one attached hydrogen (secondary N) is 1. The lowest BCUT2D eigenvalue weighted by atomic mass is 10.1. The van der Waals surface area contributed by atoms with E-state index >= 15 is 0 Å². The lowest BCUT2D eigenvalue weighted by Gasteiger charge is -2.25. The third-order valence-corrected chi connectivity index (χ3v) is 3.37. The maximum Gasteiger partial charge on any atom is 0.335 e. The van der Waals surface area contributed by atoms with E-state index in [0.717, 1.165) is 19.3 Å². The summed E-state index contributed by atoms with van der Waals surface area (Å²) in [6, 6.07) is 5.99. The van der Waals surface area contributed by atoms with Gasteiger partial charge in [-0.2, -0.15) is 5.10 Å². The van der Waals surface area contributed by atoms with Crippen molar-refractivity contribution in [1.82, 2.24) is 10.3 Å². The monoisotopic (exact) mass is 303 g/mol. The van der Waals surface area contributed by atoms with Crippen LogP contribution in [0.2, 0.25) is 0 Å². The van der Waals surface area contributed by atoms with Gasteiger partial charge in [-0.3, -0.25) is 9.59 Å². The average molecular weight is 303 g/mol. The van der Waals surface area contributed by atoms with E-state index in [4.69, 9.17) is 5.11 Å². The Morgan fingerprint density at radius 3 is 2.32 bits per heavy atom. The van der Waals surface area contributed by atoms with E-state index in [1.807, 2.05) is 0 Å². The fourth-order valence-electron chi connectivity index (χ4n) is 2.17. The molecule has 2 N–H and O–H groups in total. The number of carboxylic acid groups (broad SMARTS) is 1. The van der Waals surface area contributed by atoms with Gasteiger partial charge in [-0.1, -0.05) is 12.1 Å². The largest absolute Gasteiger partial charge is 0.478 e. The molecule has 7 nitrogen and oxygen atoms in total. The highest BCUT2D eigenvalue weighted by atomic mass is 16.4. The van der Waals surface area contributed by atoms with Crippen LogP contribution in [0.5, 0.6) is 0 Å². The van der Waals surface area contributed by atoms with Crippen molar-refractivity contribution in [2.24, 2.45) is 5.10 Å². The quantitative estimate of drug-likeness (QED) is 0.491. The van der Waals surface area contributed by atoms with E-state index in [0.29, 0.717) is 18.7 Å². The van der Waals surface area contributed by atoms with Crippen molar-refractivity contribution < 1.29 is 19.5 Å². The maximum atomic E-state index is 11.8. The van der Waals surface area contributed by atoms with Gasteiger partial charge in [0, 0.05) is 13.1 Å². The van der Waals surface area contributed by atoms with Gasteiger partial charge in [-0.25, -0.2) is 10.2 Å². The summed E-state index contributed by atoms with van der Waals surface area (Å²) < 4.78 is 0. The molecule has 1 heterocycles. The molecular weight excluding hydrogens is 286 g/mol. The fraction of sp³-hybridized carbons (Fsp3) is 0.333. The van der Waals surface area contributed by atoms with Gasteiger partial charge in [0.2, 0.25) is 0 Å². The number of piperidine rings is 1. The Labute approximate surface area is 127 Å². The first kappa shape index (κ1) is 15.7. The Hall–Kier alpha value is -2.70. The molecule has 0 bridgehead atoms. The van der Waals surface area contributed by atoms with Crippen LogP contribution in [0.15, 0.2) is 29.4 Å². The summed E-state index contributed by atoms with van der Waals surface area (Å²) in [5.41, 5.74) is 2.98. The number of carbonyl (C=O) groups is 3. The van der Waals surface area contributed by atoms with Crippen molar-refractivity contribution in [3.63, 3.8) is 0 Å². The number of hydrazone groups is 1. The number of benzene rings is 1. The summed E-state index contributed by atoms with van der Waals surface area (Å²) in [6.07, 6.45) is 4.26. The highest BCUT2D eigenvalue weighted by Gasteiger charge is 2.22. The van der Waals surface area contributed by atoms with Crippen LogP contribution in [0.1, 0.15) is 35.2 Å². The number of nitrogens with zero attached hydrogens (tertiary/aromatic N) is 2. The summed E-state index contributed by atoms with van der Waals surface area (Å²) in [4.78, 5) is 35.7. The smallest absolute Gasteiger partial charge is 0.335 e. The fourth-order valence-corrected chi connectivity index (χ4v) is 2.17. The predicted molar refractivity (Wildman–Crippen MR) is 79.6 cm³/mol. The van der Waals surface area contributed by atoms with Crippen molar-refractivity contribution in [3.8, 4) is 0 Å². The topological polar surface area (TPSA) is 99.1 Å². The van der Waals surface area contributed by atoms with Gasteiger partial charge in [0.05, 0.1) is 11.8 Å². The van der Waals surface area contributed by atoms with Crippen molar-refractivity contribution in [2.75, 3.05) is 13.1 Å². The Kier molecular flexibility index (Phi) is 5.24. The van der Waals surface area contributed by atoms with Gasteiger partial charge in [0.15, 0.2) is 0 Å². The van der Waals surface area contributed by atoms with Crippen LogP contribution in [0.25, 0.3) is 0 Å². The van der Waals surface area contributed by atoms with Gasteiger partial charge in [0.25, 0.3) is 0 Å². The van der Waals surface area contributed by atoms with Crippen molar-refractivity contribution in [3.05, 3.63) is 35.4 Å². The van der Waals surface area contributed by atoms with E-state index in [1.165, 1.54) is 23.2 Å². The highest BCUT2D eigenvalue weighted by Crippen LogP contribution is 2.08. The zero-order valence-corrected chi connectivity index (χ0v) is 12.0. The molecule has 1 aliphatic heterocycles. The minimum atomic E-state index is -1.01. The first-order valence-corrected chi connectivity index (χ1v) is 7.03. The molecule has 0 unspecified atom stereocenters. The summed E-state index contributed by atoms with van der Waals surface area (Å²) >= 11 is 0. The second kappa shape index (κ2) is 7.35. The third kappa shape index (κ3) is 4.15. The lowest BCUT2D eigenvalue weighted by molar-refractivity contribution is -0.146. The van der Waals surface area contributed by atoms with Crippen LogP contribution >= 0.6 is 0 Å². The molecule has 0 atom stereocenters. The van der Waals surface area contributed by atoms with Gasteiger partial charge in [-0.05, 0) is 37.0 Å². The molecule has 116 valence electrons. The Morgan fingerprint density at radius 1 is 1.09 bits per heavy atom. The minimum absolute atomic E-state index is 0.168. The molecule has 0 aliphatic carbocycles. The second-order valence-corrected chi connectivity index (χ2v) is 4.98. The number of hydrogen-bond donors (Lipinski definition) is 2. The summed E-state index contributed by atoms with van der Waals surface area (Å²) in [6.45, 7) is 1.21. The number of hydrogen-bond acceptors (Lipinski definition) is 4. The van der Waals surface area contributed by atoms with Crippen LogP contribution in [0.3, 0.4) is 0 Å². The Bertz CT molecular complexity index is 589. The Morgan fingerprint density at radius 2 is 1.73 bits per heavy atom. The Balaban J connectivity index is 1.86. The molecule has 2 amide bonds. The third-order valence-electron chi connectivity index (χ3n) is 3.37. The van der Waals surface area contributed by atoms with Crippen molar-refractivity contribution in [1.29, 1.82) is 0 Å². The SMILES string of the molecule is O=C(N/N=C/c1ccc(C(=O)O)cc1)C(=O)N1CCCCC1. The number of carbonyl (C=O) groups excluding carboxylic acids is 2. The lowest BCUT2D eigenvalue weighted by Crippen LogP contribution is -2.43. The molecule has 1 aromatic rings. The van der Waals surface area contributed by atoms with E-state index in [9.17, 15) is 14.4 Å². The molecule has 0 aromatic heterocycles. The molecule has 7 heteroatoms.